The minimum absolute atomic E-state index is 0.0916. The van der Waals surface area contributed by atoms with E-state index in [2.05, 4.69) is 0 Å². The molecule has 0 unspecified atom stereocenters. The molecule has 0 fully saturated rings. The molecule has 1 aromatic rings. The second-order valence-electron chi connectivity index (χ2n) is 3.30. The van der Waals surface area contributed by atoms with Crippen molar-refractivity contribution in [1.29, 1.82) is 0 Å². The summed E-state index contributed by atoms with van der Waals surface area (Å²) in [5, 5.41) is 17.9. The van der Waals surface area contributed by atoms with Crippen molar-refractivity contribution in [2.45, 2.75) is 4.90 Å². The normalized spacial score (nSPS) is 11.2. The lowest BCUT2D eigenvalue weighted by Crippen LogP contribution is -2.31. The monoisotopic (exact) mass is 243 g/mol. The molecule has 0 aliphatic rings. The van der Waals surface area contributed by atoms with Crippen molar-refractivity contribution in [2.24, 2.45) is 5.73 Å². The zero-order valence-corrected chi connectivity index (χ0v) is 9.23. The van der Waals surface area contributed by atoms with Gasteiger partial charge in [-0.3, -0.25) is 4.79 Å². The van der Waals surface area contributed by atoms with E-state index in [0.717, 1.165) is 24.5 Å². The maximum Gasteiger partial charge on any atom is 0.488 e. The van der Waals surface area contributed by atoms with Gasteiger partial charge in [0, 0.05) is 11.8 Å². The molecule has 0 aromatic heterocycles. The summed E-state index contributed by atoms with van der Waals surface area (Å²) in [5.41, 5.74) is 4.81. The Balaban J connectivity index is 3.48. The van der Waals surface area contributed by atoms with Gasteiger partial charge < -0.3 is 15.8 Å². The number of nitrogens with two attached hydrogens (primary N) is 1. The van der Waals surface area contributed by atoms with Gasteiger partial charge in [0.1, 0.15) is 0 Å². The van der Waals surface area contributed by atoms with Crippen molar-refractivity contribution in [3.8, 4) is 0 Å². The van der Waals surface area contributed by atoms with E-state index in [1.54, 1.807) is 0 Å². The molecule has 1 rings (SSSR count). The molecule has 86 valence electrons. The summed E-state index contributed by atoms with van der Waals surface area (Å²) in [6.07, 6.45) is 0.945. The fourth-order valence-corrected chi connectivity index (χ4v) is 1.82. The van der Waals surface area contributed by atoms with Crippen LogP contribution in [0.3, 0.4) is 0 Å². The number of hydrogen-bond acceptors (Lipinski definition) is 5. The van der Waals surface area contributed by atoms with E-state index in [-0.39, 0.29) is 15.9 Å². The number of benzene rings is 1. The zero-order valence-electron chi connectivity index (χ0n) is 8.41. The number of hydrogen-bond donors (Lipinski definition) is 3. The molecule has 0 spiro atoms. The van der Waals surface area contributed by atoms with Gasteiger partial charge in [-0.05, 0) is 23.7 Å². The van der Waals surface area contributed by atoms with E-state index < -0.39 is 22.9 Å². The molecule has 0 radical (unpaired) electrons. The zero-order chi connectivity index (χ0) is 12.5. The summed E-state index contributed by atoms with van der Waals surface area (Å²) in [5.74, 6) is -0.840. The quantitative estimate of drug-likeness (QED) is 0.524. The van der Waals surface area contributed by atoms with Crippen LogP contribution in [0.2, 0.25) is 0 Å². The summed E-state index contributed by atoms with van der Waals surface area (Å²) in [6, 6.07) is 3.29. The number of carbonyl (C=O) groups is 1. The van der Waals surface area contributed by atoms with Gasteiger partial charge in [-0.2, -0.15) is 0 Å². The smallest absolute Gasteiger partial charge is 0.423 e. The predicted molar refractivity (Wildman–Crippen MR) is 57.9 cm³/mol. The molecule has 0 saturated carbocycles. The van der Waals surface area contributed by atoms with Crippen molar-refractivity contribution >= 4 is 28.3 Å². The topological polar surface area (TPSA) is 118 Å². The Morgan fingerprint density at radius 1 is 1.31 bits per heavy atom. The fourth-order valence-electron chi connectivity index (χ4n) is 1.13. The largest absolute Gasteiger partial charge is 0.488 e. The maximum atomic E-state index is 11.3. The van der Waals surface area contributed by atoms with Gasteiger partial charge in [0.25, 0.3) is 0 Å². The minimum atomic E-state index is -3.54. The van der Waals surface area contributed by atoms with Gasteiger partial charge in [-0.25, -0.2) is 8.42 Å². The summed E-state index contributed by atoms with van der Waals surface area (Å²) < 4.78 is 22.5. The highest BCUT2D eigenvalue weighted by Gasteiger charge is 2.18. The van der Waals surface area contributed by atoms with Gasteiger partial charge in [0.15, 0.2) is 9.84 Å². The maximum absolute atomic E-state index is 11.3. The van der Waals surface area contributed by atoms with Gasteiger partial charge in [-0.15, -0.1) is 0 Å². The summed E-state index contributed by atoms with van der Waals surface area (Å²) >= 11 is 0. The molecule has 8 heteroatoms. The highest BCUT2D eigenvalue weighted by molar-refractivity contribution is 7.90. The van der Waals surface area contributed by atoms with E-state index in [4.69, 9.17) is 15.8 Å². The molecule has 16 heavy (non-hydrogen) atoms. The highest BCUT2D eigenvalue weighted by Crippen LogP contribution is 2.10. The second-order valence-corrected chi connectivity index (χ2v) is 5.32. The average Bonchev–Trinajstić information content (AvgIpc) is 2.15. The van der Waals surface area contributed by atoms with Crippen LogP contribution in [0.25, 0.3) is 0 Å². The minimum Gasteiger partial charge on any atom is -0.423 e. The van der Waals surface area contributed by atoms with Crippen LogP contribution in [0.4, 0.5) is 0 Å². The summed E-state index contributed by atoms with van der Waals surface area (Å²) in [6.45, 7) is 0. The molecular formula is C8H10BNO5S. The second kappa shape index (κ2) is 4.24. The Bertz CT molecular complexity index is 525. The van der Waals surface area contributed by atoms with Crippen molar-refractivity contribution < 1.29 is 23.3 Å². The van der Waals surface area contributed by atoms with Gasteiger partial charge in [0.2, 0.25) is 5.91 Å². The molecule has 0 atom stereocenters. The first-order chi connectivity index (χ1) is 7.21. The number of amides is 1. The molecule has 4 N–H and O–H groups in total. The van der Waals surface area contributed by atoms with Crippen LogP contribution >= 0.6 is 0 Å². The number of sulfone groups is 1. The number of primary amides is 1. The lowest BCUT2D eigenvalue weighted by Gasteiger charge is -2.05. The van der Waals surface area contributed by atoms with Gasteiger partial charge >= 0.3 is 7.12 Å². The van der Waals surface area contributed by atoms with Gasteiger partial charge in [-0.1, -0.05) is 0 Å². The lowest BCUT2D eigenvalue weighted by molar-refractivity contribution is 0.1000. The SMILES string of the molecule is CS(=O)(=O)c1cc(B(O)O)cc(C(N)=O)c1. The predicted octanol–water partition coefficient (Wildman–Crippen LogP) is -2.13. The van der Waals surface area contributed by atoms with Crippen LogP contribution in [0.15, 0.2) is 23.1 Å². The molecular weight excluding hydrogens is 233 g/mol. The third-order valence-electron chi connectivity index (χ3n) is 1.94. The first-order valence-corrected chi connectivity index (χ1v) is 6.12. The fraction of sp³-hybridized carbons (Fsp3) is 0.125. The molecule has 0 saturated heterocycles. The molecule has 0 bridgehead atoms. The van der Waals surface area contributed by atoms with E-state index in [1.807, 2.05) is 0 Å². The van der Waals surface area contributed by atoms with Crippen LogP contribution in [0, 0.1) is 0 Å². The molecule has 1 aromatic carbocycles. The third-order valence-corrected chi connectivity index (χ3v) is 3.03. The molecule has 0 heterocycles. The Morgan fingerprint density at radius 2 is 1.88 bits per heavy atom. The first-order valence-electron chi connectivity index (χ1n) is 4.23. The van der Waals surface area contributed by atoms with E-state index in [0.29, 0.717) is 0 Å². The van der Waals surface area contributed by atoms with E-state index in [9.17, 15) is 13.2 Å². The van der Waals surface area contributed by atoms with Gasteiger partial charge in [0.05, 0.1) is 4.90 Å². The van der Waals surface area contributed by atoms with Crippen molar-refractivity contribution in [2.75, 3.05) is 6.26 Å². The van der Waals surface area contributed by atoms with Crippen LogP contribution in [-0.2, 0) is 9.84 Å². The summed E-state index contributed by atoms with van der Waals surface area (Å²) in [4.78, 5) is 10.7. The van der Waals surface area contributed by atoms with E-state index >= 15 is 0 Å². The van der Waals surface area contributed by atoms with Crippen molar-refractivity contribution in [1.82, 2.24) is 0 Å². The van der Waals surface area contributed by atoms with Crippen LogP contribution < -0.4 is 11.2 Å². The highest BCUT2D eigenvalue weighted by atomic mass is 32.2. The van der Waals surface area contributed by atoms with Crippen LogP contribution in [0.1, 0.15) is 10.4 Å². The van der Waals surface area contributed by atoms with E-state index in [1.165, 1.54) is 0 Å². The van der Waals surface area contributed by atoms with Crippen molar-refractivity contribution in [3.05, 3.63) is 23.8 Å². The Labute approximate surface area is 92.8 Å². The van der Waals surface area contributed by atoms with Crippen molar-refractivity contribution in [3.63, 3.8) is 0 Å². The average molecular weight is 243 g/mol. The number of carbonyl (C=O) groups excluding carboxylic acids is 1. The first kappa shape index (κ1) is 12.7. The molecule has 6 nitrogen and oxygen atoms in total. The Hall–Kier alpha value is -1.38. The molecule has 1 amide bonds. The lowest BCUT2D eigenvalue weighted by atomic mass is 9.79. The Morgan fingerprint density at radius 3 is 2.25 bits per heavy atom. The molecule has 0 aliphatic heterocycles. The van der Waals surface area contributed by atoms with Crippen LogP contribution in [-0.4, -0.2) is 37.7 Å². The number of rotatable bonds is 3. The third kappa shape index (κ3) is 2.81. The molecule has 0 aliphatic carbocycles. The Kier molecular flexibility index (Phi) is 3.37. The van der Waals surface area contributed by atoms with Crippen LogP contribution in [0.5, 0.6) is 0 Å². The standard InChI is InChI=1S/C8H10BNO5S/c1-16(14,15)7-3-5(8(10)11)2-6(4-7)9(12)13/h2-4,12-13H,1H3,(H2,10,11). The summed E-state index contributed by atoms with van der Waals surface area (Å²) in [7, 11) is -5.41.